The van der Waals surface area contributed by atoms with Crippen molar-refractivity contribution in [1.29, 1.82) is 5.26 Å². The maximum atomic E-state index is 12.9. The zero-order chi connectivity index (χ0) is 27.2. The lowest BCUT2D eigenvalue weighted by molar-refractivity contribution is -0.113. The van der Waals surface area contributed by atoms with Gasteiger partial charge in [-0.15, -0.1) is 21.5 Å². The first-order valence-corrected chi connectivity index (χ1v) is 14.3. The zero-order valence-corrected chi connectivity index (χ0v) is 23.3. The van der Waals surface area contributed by atoms with Gasteiger partial charge >= 0.3 is 0 Å². The number of carbonyl (C=O) groups excluding carboxylic acids is 1. The lowest BCUT2D eigenvalue weighted by atomic mass is 9.96. The molecule has 1 aliphatic rings. The van der Waals surface area contributed by atoms with Crippen molar-refractivity contribution in [1.82, 2.24) is 14.8 Å². The fourth-order valence-electron chi connectivity index (χ4n) is 4.45. The molecule has 0 saturated carbocycles. The zero-order valence-electron chi connectivity index (χ0n) is 21.7. The van der Waals surface area contributed by atoms with E-state index in [0.717, 1.165) is 54.1 Å². The van der Waals surface area contributed by atoms with Crippen LogP contribution in [0.2, 0.25) is 0 Å². The van der Waals surface area contributed by atoms with Crippen molar-refractivity contribution in [2.24, 2.45) is 0 Å². The Kier molecular flexibility index (Phi) is 8.34. The molecule has 0 bridgehead atoms. The number of anilines is 2. The Morgan fingerprint density at radius 1 is 1.05 bits per heavy atom. The highest BCUT2D eigenvalue weighted by Crippen LogP contribution is 2.37. The molecule has 2 aromatic carbocycles. The predicted molar refractivity (Wildman–Crippen MR) is 153 cm³/mol. The monoisotopic (exact) mass is 560 g/mol. The number of thiophene rings is 1. The van der Waals surface area contributed by atoms with E-state index in [1.54, 1.807) is 14.2 Å². The number of ether oxygens (including phenoxy) is 2. The molecule has 9 nitrogen and oxygen atoms in total. The minimum atomic E-state index is -0.183. The van der Waals surface area contributed by atoms with Gasteiger partial charge in [-0.2, -0.15) is 5.26 Å². The molecule has 11 heteroatoms. The number of fused-ring (bicyclic) bond motifs is 1. The van der Waals surface area contributed by atoms with E-state index in [-0.39, 0.29) is 11.7 Å². The average Bonchev–Trinajstić information content (AvgIpc) is 3.55. The number of hydrogen-bond acceptors (Lipinski definition) is 9. The van der Waals surface area contributed by atoms with Crippen LogP contribution in [0.5, 0.6) is 11.5 Å². The second kappa shape index (κ2) is 12.2. The summed E-state index contributed by atoms with van der Waals surface area (Å²) in [5.41, 5.74) is 3.49. The number of amides is 1. The van der Waals surface area contributed by atoms with Crippen LogP contribution < -0.4 is 20.1 Å². The molecule has 0 radical (unpaired) electrons. The van der Waals surface area contributed by atoms with Gasteiger partial charge in [-0.05, 0) is 79.8 Å². The third-order valence-electron chi connectivity index (χ3n) is 6.44. The quantitative estimate of drug-likeness (QED) is 0.247. The molecular formula is C28H28N6O3S2. The molecule has 200 valence electrons. The molecule has 0 fully saturated rings. The number of nitriles is 1. The van der Waals surface area contributed by atoms with Crippen molar-refractivity contribution in [2.75, 3.05) is 30.6 Å². The number of nitrogens with one attached hydrogen (secondary N) is 2. The number of aromatic nitrogens is 3. The normalized spacial score (nSPS) is 12.3. The van der Waals surface area contributed by atoms with Gasteiger partial charge in [0, 0.05) is 16.3 Å². The lowest BCUT2D eigenvalue weighted by Crippen LogP contribution is -2.15. The second-order valence-electron chi connectivity index (χ2n) is 8.88. The molecule has 39 heavy (non-hydrogen) atoms. The van der Waals surface area contributed by atoms with Crippen molar-refractivity contribution in [3.8, 4) is 23.3 Å². The molecule has 2 N–H and O–H groups in total. The lowest BCUT2D eigenvalue weighted by Gasteiger charge is -2.12. The van der Waals surface area contributed by atoms with Crippen molar-refractivity contribution in [3.63, 3.8) is 0 Å². The topological polar surface area (TPSA) is 114 Å². The smallest absolute Gasteiger partial charge is 0.235 e. The third-order valence-corrected chi connectivity index (χ3v) is 8.58. The third kappa shape index (κ3) is 6.02. The van der Waals surface area contributed by atoms with Gasteiger partial charge in [0.2, 0.25) is 5.91 Å². The standard InChI is InChI=1S/C28H28N6O3S2/c1-36-20-11-7-18(8-12-20)30-16-25-32-33-28(34(25)19-9-13-21(37-2)14-10-19)38-17-26(35)31-27-23(15-29)22-5-3-4-6-24(22)39-27/h7-14,30H,3-6,16-17H2,1-2H3,(H,31,35). The van der Waals surface area contributed by atoms with E-state index >= 15 is 0 Å². The molecule has 0 aliphatic heterocycles. The van der Waals surface area contributed by atoms with Gasteiger partial charge in [0.15, 0.2) is 11.0 Å². The first kappa shape index (κ1) is 26.6. The molecule has 5 rings (SSSR count). The van der Waals surface area contributed by atoms with Gasteiger partial charge in [-0.3, -0.25) is 9.36 Å². The predicted octanol–water partition coefficient (Wildman–Crippen LogP) is 5.44. The van der Waals surface area contributed by atoms with E-state index in [4.69, 9.17) is 9.47 Å². The number of nitrogens with zero attached hydrogens (tertiary/aromatic N) is 4. The summed E-state index contributed by atoms with van der Waals surface area (Å²) in [6.07, 6.45) is 4.08. The Hall–Kier alpha value is -4.01. The van der Waals surface area contributed by atoms with Gasteiger partial charge in [-0.1, -0.05) is 11.8 Å². The maximum Gasteiger partial charge on any atom is 0.235 e. The molecule has 4 aromatic rings. The summed E-state index contributed by atoms with van der Waals surface area (Å²) in [6, 6.07) is 17.5. The van der Waals surface area contributed by atoms with E-state index in [9.17, 15) is 10.1 Å². The van der Waals surface area contributed by atoms with Gasteiger partial charge in [0.25, 0.3) is 0 Å². The summed E-state index contributed by atoms with van der Waals surface area (Å²) in [5, 5.41) is 26.1. The molecule has 1 amide bonds. The van der Waals surface area contributed by atoms with Crippen LogP contribution in [0.1, 0.15) is 34.7 Å². The van der Waals surface area contributed by atoms with E-state index in [1.807, 2.05) is 53.1 Å². The number of aryl methyl sites for hydroxylation is 1. The van der Waals surface area contributed by atoms with Gasteiger partial charge in [-0.25, -0.2) is 0 Å². The van der Waals surface area contributed by atoms with Crippen molar-refractivity contribution in [3.05, 3.63) is 70.4 Å². The second-order valence-corrected chi connectivity index (χ2v) is 10.9. The highest BCUT2D eigenvalue weighted by atomic mass is 32.2. The average molecular weight is 561 g/mol. The van der Waals surface area contributed by atoms with Crippen molar-refractivity contribution >= 4 is 39.7 Å². The van der Waals surface area contributed by atoms with Gasteiger partial charge in [0.05, 0.1) is 32.1 Å². The molecular weight excluding hydrogens is 532 g/mol. The Balaban J connectivity index is 1.32. The van der Waals surface area contributed by atoms with Crippen LogP contribution in [0.4, 0.5) is 10.7 Å². The van der Waals surface area contributed by atoms with Crippen LogP contribution in [0.15, 0.2) is 53.7 Å². The number of benzene rings is 2. The summed E-state index contributed by atoms with van der Waals surface area (Å²) < 4.78 is 12.5. The summed E-state index contributed by atoms with van der Waals surface area (Å²) in [7, 11) is 3.26. The van der Waals surface area contributed by atoms with Crippen molar-refractivity contribution < 1.29 is 14.3 Å². The fourth-order valence-corrected chi connectivity index (χ4v) is 6.48. The van der Waals surface area contributed by atoms with Crippen LogP contribution >= 0.6 is 23.1 Å². The molecule has 1 aliphatic carbocycles. The number of rotatable bonds is 10. The summed E-state index contributed by atoms with van der Waals surface area (Å²) >= 11 is 2.82. The van der Waals surface area contributed by atoms with Gasteiger partial charge < -0.3 is 20.1 Å². The molecule has 2 heterocycles. The minimum Gasteiger partial charge on any atom is -0.497 e. The molecule has 0 spiro atoms. The Morgan fingerprint density at radius 2 is 1.74 bits per heavy atom. The van der Waals surface area contributed by atoms with Crippen molar-refractivity contribution in [2.45, 2.75) is 37.4 Å². The Morgan fingerprint density at radius 3 is 2.44 bits per heavy atom. The molecule has 0 saturated heterocycles. The summed E-state index contributed by atoms with van der Waals surface area (Å²) in [4.78, 5) is 14.2. The number of methoxy groups -OCH3 is 2. The van der Waals surface area contributed by atoms with Crippen LogP contribution in [0.25, 0.3) is 5.69 Å². The maximum absolute atomic E-state index is 12.9. The molecule has 0 unspecified atom stereocenters. The van der Waals surface area contributed by atoms with E-state index in [0.29, 0.717) is 28.1 Å². The number of hydrogen-bond donors (Lipinski definition) is 2. The highest BCUT2D eigenvalue weighted by molar-refractivity contribution is 7.99. The van der Waals surface area contributed by atoms with E-state index < -0.39 is 0 Å². The first-order chi connectivity index (χ1) is 19.1. The minimum absolute atomic E-state index is 0.133. The fraction of sp³-hybridized carbons (Fsp3) is 0.286. The van der Waals surface area contributed by atoms with Gasteiger partial charge in [0.1, 0.15) is 22.6 Å². The van der Waals surface area contributed by atoms with Crippen LogP contribution in [-0.4, -0.2) is 40.6 Å². The highest BCUT2D eigenvalue weighted by Gasteiger charge is 2.22. The number of thioether (sulfide) groups is 1. The van der Waals surface area contributed by atoms with Crippen LogP contribution in [0.3, 0.4) is 0 Å². The summed E-state index contributed by atoms with van der Waals surface area (Å²) in [5.74, 6) is 2.16. The van der Waals surface area contributed by atoms with Crippen LogP contribution in [-0.2, 0) is 24.2 Å². The van der Waals surface area contributed by atoms with Crippen LogP contribution in [0, 0.1) is 11.3 Å². The number of carbonyl (C=O) groups is 1. The Labute approximate surface area is 235 Å². The van der Waals surface area contributed by atoms with E-state index in [2.05, 4.69) is 26.9 Å². The Bertz CT molecular complexity index is 1490. The SMILES string of the molecule is COc1ccc(NCc2nnc(SCC(=O)Nc3sc4c(c3C#N)CCCC4)n2-c2ccc(OC)cc2)cc1. The molecule has 2 aromatic heterocycles. The summed E-state index contributed by atoms with van der Waals surface area (Å²) in [6.45, 7) is 0.421. The molecule has 0 atom stereocenters. The van der Waals surface area contributed by atoms with E-state index in [1.165, 1.54) is 28.0 Å². The largest absolute Gasteiger partial charge is 0.497 e. The first-order valence-electron chi connectivity index (χ1n) is 12.5.